The van der Waals surface area contributed by atoms with Crippen LogP contribution in [0.1, 0.15) is 6.42 Å². The van der Waals surface area contributed by atoms with Gasteiger partial charge in [-0.25, -0.2) is 9.59 Å². The molecule has 0 spiro atoms. The molecule has 102 valence electrons. The Morgan fingerprint density at radius 1 is 1.37 bits per heavy atom. The second-order valence-electron chi connectivity index (χ2n) is 3.67. The van der Waals surface area contributed by atoms with Crippen LogP contribution in [0.15, 0.2) is 28.7 Å². The molecule has 0 radical (unpaired) electrons. The third kappa shape index (κ3) is 5.38. The minimum absolute atomic E-state index is 0.471. The molecule has 7 nitrogen and oxygen atoms in total. The summed E-state index contributed by atoms with van der Waals surface area (Å²) in [5.41, 5.74) is 5.38. The number of aliphatic carboxylic acids is 1. The van der Waals surface area contributed by atoms with Crippen molar-refractivity contribution < 1.29 is 19.5 Å². The van der Waals surface area contributed by atoms with Crippen LogP contribution in [-0.2, 0) is 9.59 Å². The van der Waals surface area contributed by atoms with Gasteiger partial charge in [0.2, 0.25) is 5.91 Å². The SMILES string of the molecule is NC(=O)CC(NC(=O)Nc1cccc(Br)c1)C(=O)O. The van der Waals surface area contributed by atoms with Crippen molar-refractivity contribution in [3.8, 4) is 0 Å². The lowest BCUT2D eigenvalue weighted by Crippen LogP contribution is -2.45. The van der Waals surface area contributed by atoms with E-state index < -0.39 is 30.4 Å². The summed E-state index contributed by atoms with van der Waals surface area (Å²) in [6.07, 6.45) is -0.471. The number of amides is 3. The molecule has 0 aromatic heterocycles. The molecule has 8 heteroatoms. The number of nitrogens with one attached hydrogen (secondary N) is 2. The van der Waals surface area contributed by atoms with Gasteiger partial charge in [0.15, 0.2) is 0 Å². The van der Waals surface area contributed by atoms with Crippen LogP contribution in [0.2, 0.25) is 0 Å². The van der Waals surface area contributed by atoms with Crippen molar-refractivity contribution in [3.63, 3.8) is 0 Å². The van der Waals surface area contributed by atoms with Crippen molar-refractivity contribution in [2.75, 3.05) is 5.32 Å². The van der Waals surface area contributed by atoms with Crippen LogP contribution >= 0.6 is 15.9 Å². The van der Waals surface area contributed by atoms with Crippen molar-refractivity contribution >= 4 is 39.5 Å². The lowest BCUT2D eigenvalue weighted by molar-refractivity contribution is -0.140. The van der Waals surface area contributed by atoms with Crippen molar-refractivity contribution in [2.45, 2.75) is 12.5 Å². The molecule has 0 saturated heterocycles. The van der Waals surface area contributed by atoms with Crippen LogP contribution in [0.5, 0.6) is 0 Å². The topological polar surface area (TPSA) is 122 Å². The summed E-state index contributed by atoms with van der Waals surface area (Å²) in [6.45, 7) is 0. The Hall–Kier alpha value is -2.09. The average molecular weight is 330 g/mol. The molecule has 0 fully saturated rings. The lowest BCUT2D eigenvalue weighted by Gasteiger charge is -2.13. The van der Waals surface area contributed by atoms with Gasteiger partial charge in [-0.1, -0.05) is 22.0 Å². The number of carbonyl (C=O) groups excluding carboxylic acids is 2. The van der Waals surface area contributed by atoms with E-state index in [1.54, 1.807) is 24.3 Å². The van der Waals surface area contributed by atoms with Crippen LogP contribution in [-0.4, -0.2) is 29.1 Å². The maximum Gasteiger partial charge on any atom is 0.326 e. The van der Waals surface area contributed by atoms with Crippen molar-refractivity contribution in [2.24, 2.45) is 5.73 Å². The summed E-state index contributed by atoms with van der Waals surface area (Å²) in [5.74, 6) is -2.14. The highest BCUT2D eigenvalue weighted by molar-refractivity contribution is 9.10. The maximum atomic E-state index is 11.6. The summed E-state index contributed by atoms with van der Waals surface area (Å²) in [4.78, 5) is 33.1. The monoisotopic (exact) mass is 329 g/mol. The van der Waals surface area contributed by atoms with Crippen LogP contribution in [0, 0.1) is 0 Å². The van der Waals surface area contributed by atoms with Gasteiger partial charge in [0.05, 0.1) is 6.42 Å². The standard InChI is InChI=1S/C11H12BrN3O4/c12-6-2-1-3-7(4-6)14-11(19)15-8(10(17)18)5-9(13)16/h1-4,8H,5H2,(H2,13,16)(H,17,18)(H2,14,15,19). The number of rotatable bonds is 5. The number of carboxylic acid groups (broad SMARTS) is 1. The molecular weight excluding hydrogens is 318 g/mol. The van der Waals surface area contributed by atoms with Gasteiger partial charge < -0.3 is 21.5 Å². The van der Waals surface area contributed by atoms with Gasteiger partial charge in [0.1, 0.15) is 6.04 Å². The minimum Gasteiger partial charge on any atom is -0.480 e. The van der Waals surface area contributed by atoms with E-state index in [0.717, 1.165) is 4.47 Å². The number of halogens is 1. The van der Waals surface area contributed by atoms with E-state index in [1.165, 1.54) is 0 Å². The van der Waals surface area contributed by atoms with Gasteiger partial charge in [-0.2, -0.15) is 0 Å². The largest absolute Gasteiger partial charge is 0.480 e. The van der Waals surface area contributed by atoms with E-state index in [-0.39, 0.29) is 0 Å². The number of nitrogens with two attached hydrogens (primary N) is 1. The minimum atomic E-state index is -1.36. The third-order valence-electron chi connectivity index (χ3n) is 2.09. The first kappa shape index (κ1) is 15.0. The average Bonchev–Trinajstić information content (AvgIpc) is 2.27. The Balaban J connectivity index is 2.62. The first-order valence-electron chi connectivity index (χ1n) is 5.22. The highest BCUT2D eigenvalue weighted by atomic mass is 79.9. The smallest absolute Gasteiger partial charge is 0.326 e. The van der Waals surface area contributed by atoms with Crippen LogP contribution in [0.25, 0.3) is 0 Å². The molecule has 1 atom stereocenters. The van der Waals surface area contributed by atoms with Gasteiger partial charge >= 0.3 is 12.0 Å². The van der Waals surface area contributed by atoms with Crippen molar-refractivity contribution in [3.05, 3.63) is 28.7 Å². The number of urea groups is 1. The van der Waals surface area contributed by atoms with Crippen LogP contribution in [0.4, 0.5) is 10.5 Å². The first-order valence-corrected chi connectivity index (χ1v) is 6.02. The van der Waals surface area contributed by atoms with Gasteiger partial charge in [0.25, 0.3) is 0 Å². The fourth-order valence-electron chi connectivity index (χ4n) is 1.29. The molecular formula is C11H12BrN3O4. The molecule has 0 saturated carbocycles. The number of primary amides is 1. The first-order chi connectivity index (χ1) is 8.88. The zero-order valence-electron chi connectivity index (χ0n) is 9.72. The number of benzene rings is 1. The van der Waals surface area contributed by atoms with Crippen molar-refractivity contribution in [1.29, 1.82) is 0 Å². The highest BCUT2D eigenvalue weighted by Gasteiger charge is 2.22. The Bertz CT molecular complexity index is 506. The number of carbonyl (C=O) groups is 3. The normalized spacial score (nSPS) is 11.4. The quantitative estimate of drug-likeness (QED) is 0.641. The summed E-state index contributed by atoms with van der Waals surface area (Å²) in [5, 5.41) is 13.4. The van der Waals surface area contributed by atoms with E-state index in [4.69, 9.17) is 10.8 Å². The molecule has 0 aliphatic rings. The summed E-state index contributed by atoms with van der Waals surface area (Å²) >= 11 is 3.23. The fourth-order valence-corrected chi connectivity index (χ4v) is 1.69. The van der Waals surface area contributed by atoms with Crippen LogP contribution < -0.4 is 16.4 Å². The number of hydrogen-bond donors (Lipinski definition) is 4. The van der Waals surface area contributed by atoms with E-state index >= 15 is 0 Å². The Morgan fingerprint density at radius 2 is 2.05 bits per heavy atom. The number of hydrogen-bond acceptors (Lipinski definition) is 3. The van der Waals surface area contributed by atoms with Gasteiger partial charge in [-0.15, -0.1) is 0 Å². The zero-order valence-corrected chi connectivity index (χ0v) is 11.3. The Labute approximate surface area is 117 Å². The van der Waals surface area contributed by atoms with Gasteiger partial charge in [0, 0.05) is 10.2 Å². The van der Waals surface area contributed by atoms with Crippen molar-refractivity contribution in [1.82, 2.24) is 5.32 Å². The summed E-state index contributed by atoms with van der Waals surface area (Å²) in [7, 11) is 0. The molecule has 19 heavy (non-hydrogen) atoms. The molecule has 0 aliphatic carbocycles. The zero-order chi connectivity index (χ0) is 14.4. The number of anilines is 1. The summed E-state index contributed by atoms with van der Waals surface area (Å²) < 4.78 is 0.761. The lowest BCUT2D eigenvalue weighted by atomic mass is 10.2. The highest BCUT2D eigenvalue weighted by Crippen LogP contribution is 2.15. The molecule has 5 N–H and O–H groups in total. The molecule has 0 bridgehead atoms. The predicted octanol–water partition coefficient (Wildman–Crippen LogP) is 0.899. The van der Waals surface area contributed by atoms with E-state index in [2.05, 4.69) is 26.6 Å². The Morgan fingerprint density at radius 3 is 2.58 bits per heavy atom. The second kappa shape index (κ2) is 6.74. The van der Waals surface area contributed by atoms with E-state index in [9.17, 15) is 14.4 Å². The summed E-state index contributed by atoms with van der Waals surface area (Å²) in [6, 6.07) is 4.67. The fraction of sp³-hybridized carbons (Fsp3) is 0.182. The van der Waals surface area contributed by atoms with E-state index in [1.807, 2.05) is 0 Å². The Kier molecular flexibility index (Phi) is 5.31. The third-order valence-corrected chi connectivity index (χ3v) is 2.58. The van der Waals surface area contributed by atoms with Gasteiger partial charge in [-0.3, -0.25) is 4.79 Å². The molecule has 3 amide bonds. The maximum absolute atomic E-state index is 11.6. The molecule has 0 aliphatic heterocycles. The molecule has 0 heterocycles. The number of carboxylic acids is 1. The second-order valence-corrected chi connectivity index (χ2v) is 4.59. The predicted molar refractivity (Wildman–Crippen MR) is 71.5 cm³/mol. The molecule has 1 aromatic carbocycles. The van der Waals surface area contributed by atoms with Gasteiger partial charge in [-0.05, 0) is 18.2 Å². The van der Waals surface area contributed by atoms with Crippen LogP contribution in [0.3, 0.4) is 0 Å². The molecule has 1 aromatic rings. The molecule has 1 unspecified atom stereocenters. The van der Waals surface area contributed by atoms with E-state index in [0.29, 0.717) is 5.69 Å². The molecule has 1 rings (SSSR count).